The summed E-state index contributed by atoms with van der Waals surface area (Å²) >= 11 is 0. The summed E-state index contributed by atoms with van der Waals surface area (Å²) in [5.74, 6) is 0.886. The van der Waals surface area contributed by atoms with Crippen LogP contribution >= 0.6 is 0 Å². The number of aliphatic hydroxyl groups is 1. The third kappa shape index (κ3) is 3.44. The Bertz CT molecular complexity index is 436. The smallest absolute Gasteiger partial charge is 0.272 e. The second kappa shape index (κ2) is 6.52. The number of aromatic nitrogens is 1. The highest BCUT2D eigenvalue weighted by molar-refractivity contribution is 5.92. The number of carbonyl (C=O) groups excluding carboxylic acids is 1. The van der Waals surface area contributed by atoms with E-state index in [4.69, 9.17) is 0 Å². The van der Waals surface area contributed by atoms with E-state index in [9.17, 15) is 9.90 Å². The normalized spacial score (nSPS) is 19.3. The molecular formula is C14H21N3O2. The Labute approximate surface area is 113 Å². The van der Waals surface area contributed by atoms with Crippen molar-refractivity contribution >= 4 is 11.7 Å². The van der Waals surface area contributed by atoms with Crippen LogP contribution in [0.2, 0.25) is 0 Å². The predicted molar refractivity (Wildman–Crippen MR) is 74.1 cm³/mol. The molecular weight excluding hydrogens is 242 g/mol. The van der Waals surface area contributed by atoms with Crippen LogP contribution in [0.1, 0.15) is 30.3 Å². The van der Waals surface area contributed by atoms with E-state index in [1.165, 1.54) is 0 Å². The van der Waals surface area contributed by atoms with Gasteiger partial charge in [0.25, 0.3) is 5.91 Å². The maximum atomic E-state index is 12.4. The molecule has 1 saturated heterocycles. The van der Waals surface area contributed by atoms with Crippen LogP contribution in [-0.2, 0) is 0 Å². The average molecular weight is 263 g/mol. The predicted octanol–water partition coefficient (Wildman–Crippen LogP) is 1.36. The molecule has 2 heterocycles. The number of pyridine rings is 1. The molecule has 1 aliphatic rings. The molecule has 2 rings (SSSR count). The number of nitrogens with one attached hydrogen (secondary N) is 1. The minimum Gasteiger partial charge on any atom is -0.396 e. The molecule has 1 atom stereocenters. The SMILES string of the molecule is CCNc1cccc(C(=O)N2CCCC(CO)C2)n1. The molecule has 5 heteroatoms. The van der Waals surface area contributed by atoms with Gasteiger partial charge in [-0.2, -0.15) is 0 Å². The number of carbonyl (C=O) groups is 1. The average Bonchev–Trinajstić information content (AvgIpc) is 2.47. The Kier molecular flexibility index (Phi) is 4.74. The number of rotatable bonds is 4. The number of aliphatic hydroxyl groups excluding tert-OH is 1. The molecule has 0 bridgehead atoms. The summed E-state index contributed by atoms with van der Waals surface area (Å²) in [6.45, 7) is 4.30. The highest BCUT2D eigenvalue weighted by atomic mass is 16.3. The maximum Gasteiger partial charge on any atom is 0.272 e. The van der Waals surface area contributed by atoms with Crippen LogP contribution in [0.3, 0.4) is 0 Å². The van der Waals surface area contributed by atoms with Crippen molar-refractivity contribution in [1.29, 1.82) is 0 Å². The molecule has 1 aromatic rings. The van der Waals surface area contributed by atoms with Gasteiger partial charge in [0.2, 0.25) is 0 Å². The molecule has 1 aromatic heterocycles. The van der Waals surface area contributed by atoms with Crippen molar-refractivity contribution in [1.82, 2.24) is 9.88 Å². The quantitative estimate of drug-likeness (QED) is 0.861. The molecule has 0 spiro atoms. The van der Waals surface area contributed by atoms with Crippen LogP contribution in [0.4, 0.5) is 5.82 Å². The summed E-state index contributed by atoms with van der Waals surface area (Å²) < 4.78 is 0. The Morgan fingerprint density at radius 1 is 1.58 bits per heavy atom. The summed E-state index contributed by atoms with van der Waals surface area (Å²) in [7, 11) is 0. The van der Waals surface area contributed by atoms with E-state index in [2.05, 4.69) is 10.3 Å². The van der Waals surface area contributed by atoms with Crippen LogP contribution in [-0.4, -0.2) is 47.1 Å². The van der Waals surface area contributed by atoms with Crippen molar-refractivity contribution in [3.8, 4) is 0 Å². The van der Waals surface area contributed by atoms with E-state index in [0.29, 0.717) is 12.2 Å². The van der Waals surface area contributed by atoms with Gasteiger partial charge in [0.05, 0.1) is 0 Å². The van der Waals surface area contributed by atoms with E-state index in [1.54, 1.807) is 11.0 Å². The van der Waals surface area contributed by atoms with Gasteiger partial charge in [0, 0.05) is 26.2 Å². The summed E-state index contributed by atoms with van der Waals surface area (Å²) in [6.07, 6.45) is 1.94. The number of hydrogen-bond acceptors (Lipinski definition) is 4. The van der Waals surface area contributed by atoms with Crippen LogP contribution in [0.15, 0.2) is 18.2 Å². The molecule has 1 unspecified atom stereocenters. The lowest BCUT2D eigenvalue weighted by Crippen LogP contribution is -2.41. The fourth-order valence-corrected chi connectivity index (χ4v) is 2.39. The third-order valence-electron chi connectivity index (χ3n) is 3.39. The largest absolute Gasteiger partial charge is 0.396 e. The zero-order valence-corrected chi connectivity index (χ0v) is 11.3. The lowest BCUT2D eigenvalue weighted by atomic mass is 9.99. The maximum absolute atomic E-state index is 12.4. The minimum absolute atomic E-state index is 0.0436. The van der Waals surface area contributed by atoms with Crippen LogP contribution in [0.25, 0.3) is 0 Å². The fraction of sp³-hybridized carbons (Fsp3) is 0.571. The van der Waals surface area contributed by atoms with Gasteiger partial charge in [-0.3, -0.25) is 4.79 Å². The Hall–Kier alpha value is -1.62. The van der Waals surface area contributed by atoms with Crippen molar-refractivity contribution in [2.45, 2.75) is 19.8 Å². The Morgan fingerprint density at radius 2 is 2.42 bits per heavy atom. The van der Waals surface area contributed by atoms with Crippen LogP contribution in [0, 0.1) is 5.92 Å². The lowest BCUT2D eigenvalue weighted by molar-refractivity contribution is 0.0615. The molecule has 104 valence electrons. The van der Waals surface area contributed by atoms with Crippen molar-refractivity contribution in [2.75, 3.05) is 31.6 Å². The number of nitrogens with zero attached hydrogens (tertiary/aromatic N) is 2. The van der Waals surface area contributed by atoms with E-state index < -0.39 is 0 Å². The molecule has 5 nitrogen and oxygen atoms in total. The van der Waals surface area contributed by atoms with E-state index in [0.717, 1.165) is 31.7 Å². The Morgan fingerprint density at radius 3 is 3.16 bits per heavy atom. The number of hydrogen-bond donors (Lipinski definition) is 2. The van der Waals surface area contributed by atoms with Gasteiger partial charge in [-0.25, -0.2) is 4.98 Å². The van der Waals surface area contributed by atoms with Gasteiger partial charge in [0.15, 0.2) is 0 Å². The first-order valence-corrected chi connectivity index (χ1v) is 6.85. The third-order valence-corrected chi connectivity index (χ3v) is 3.39. The zero-order valence-electron chi connectivity index (χ0n) is 11.3. The summed E-state index contributed by atoms with van der Waals surface area (Å²) in [6, 6.07) is 5.43. The van der Waals surface area contributed by atoms with Crippen molar-refractivity contribution in [3.05, 3.63) is 23.9 Å². The molecule has 0 aromatic carbocycles. The monoisotopic (exact) mass is 263 g/mol. The van der Waals surface area contributed by atoms with Crippen molar-refractivity contribution in [2.24, 2.45) is 5.92 Å². The summed E-state index contributed by atoms with van der Waals surface area (Å²) in [4.78, 5) is 18.5. The molecule has 1 aliphatic heterocycles. The van der Waals surface area contributed by atoms with Crippen molar-refractivity contribution in [3.63, 3.8) is 0 Å². The second-order valence-corrected chi connectivity index (χ2v) is 4.88. The lowest BCUT2D eigenvalue weighted by Gasteiger charge is -2.31. The van der Waals surface area contributed by atoms with Gasteiger partial charge >= 0.3 is 0 Å². The molecule has 2 N–H and O–H groups in total. The van der Waals surface area contributed by atoms with Crippen molar-refractivity contribution < 1.29 is 9.90 Å². The first-order valence-electron chi connectivity index (χ1n) is 6.85. The number of anilines is 1. The standard InChI is InChI=1S/C14H21N3O2/c1-2-15-13-7-3-6-12(16-13)14(19)17-8-4-5-11(9-17)10-18/h3,6-7,11,18H,2,4-5,8-10H2,1H3,(H,15,16). The molecule has 1 fully saturated rings. The first kappa shape index (κ1) is 13.8. The first-order chi connectivity index (χ1) is 9.24. The van der Waals surface area contributed by atoms with Gasteiger partial charge < -0.3 is 15.3 Å². The molecule has 0 radical (unpaired) electrons. The van der Waals surface area contributed by atoms with Gasteiger partial charge in [0.1, 0.15) is 11.5 Å². The van der Waals surface area contributed by atoms with E-state index >= 15 is 0 Å². The summed E-state index contributed by atoms with van der Waals surface area (Å²) in [5, 5.41) is 12.3. The summed E-state index contributed by atoms with van der Waals surface area (Å²) in [5.41, 5.74) is 0.469. The number of piperidine rings is 1. The molecule has 1 amide bonds. The van der Waals surface area contributed by atoms with Gasteiger partial charge in [-0.05, 0) is 37.8 Å². The highest BCUT2D eigenvalue weighted by Gasteiger charge is 2.24. The number of amides is 1. The van der Waals surface area contributed by atoms with Gasteiger partial charge in [-0.15, -0.1) is 0 Å². The highest BCUT2D eigenvalue weighted by Crippen LogP contribution is 2.18. The van der Waals surface area contributed by atoms with Crippen LogP contribution < -0.4 is 5.32 Å². The molecule has 0 saturated carbocycles. The Balaban J connectivity index is 2.08. The fourth-order valence-electron chi connectivity index (χ4n) is 2.39. The van der Waals surface area contributed by atoms with E-state index in [-0.39, 0.29) is 18.4 Å². The molecule has 0 aliphatic carbocycles. The van der Waals surface area contributed by atoms with E-state index in [1.807, 2.05) is 19.1 Å². The topological polar surface area (TPSA) is 65.5 Å². The van der Waals surface area contributed by atoms with Crippen LogP contribution in [0.5, 0.6) is 0 Å². The van der Waals surface area contributed by atoms with Gasteiger partial charge in [-0.1, -0.05) is 6.07 Å². The zero-order chi connectivity index (χ0) is 13.7. The number of likely N-dealkylation sites (tertiary alicyclic amines) is 1. The molecule has 19 heavy (non-hydrogen) atoms. The second-order valence-electron chi connectivity index (χ2n) is 4.88. The minimum atomic E-state index is -0.0436.